The monoisotopic (exact) mass is 248 g/mol. The minimum absolute atomic E-state index is 0.106. The van der Waals surface area contributed by atoms with Gasteiger partial charge >= 0.3 is 5.97 Å². The molecule has 0 amide bonds. The first-order valence-electron chi connectivity index (χ1n) is 5.23. The van der Waals surface area contributed by atoms with Crippen LogP contribution in [0.4, 0.5) is 5.82 Å². The third kappa shape index (κ3) is 2.42. The van der Waals surface area contributed by atoms with Crippen LogP contribution in [0.3, 0.4) is 0 Å². The van der Waals surface area contributed by atoms with E-state index in [2.05, 4.69) is 25.5 Å². The Bertz CT molecular complexity index is 567. The van der Waals surface area contributed by atoms with Crippen LogP contribution in [0.5, 0.6) is 0 Å². The molecule has 2 aromatic rings. The van der Waals surface area contributed by atoms with E-state index in [4.69, 9.17) is 5.11 Å². The molecule has 0 bridgehead atoms. The molecule has 0 radical (unpaired) electrons. The van der Waals surface area contributed by atoms with Crippen LogP contribution in [-0.4, -0.2) is 35.8 Å². The van der Waals surface area contributed by atoms with Crippen molar-refractivity contribution in [3.05, 3.63) is 30.2 Å². The van der Waals surface area contributed by atoms with Crippen molar-refractivity contribution >= 4 is 11.8 Å². The summed E-state index contributed by atoms with van der Waals surface area (Å²) in [6.07, 6.45) is 4.24. The number of rotatable bonds is 4. The third-order valence-electron chi connectivity index (χ3n) is 2.35. The smallest absolute Gasteiger partial charge is 0.356 e. The number of carboxylic acids is 1. The van der Waals surface area contributed by atoms with E-state index in [0.29, 0.717) is 5.82 Å². The number of anilines is 1. The highest BCUT2D eigenvalue weighted by molar-refractivity contribution is 5.85. The first-order chi connectivity index (χ1) is 8.58. The summed E-state index contributed by atoms with van der Waals surface area (Å²) in [5.41, 5.74) is -0.106. The molecule has 1 atom stereocenters. The zero-order valence-corrected chi connectivity index (χ0v) is 9.90. The third-order valence-corrected chi connectivity index (χ3v) is 2.35. The Morgan fingerprint density at radius 3 is 2.89 bits per heavy atom. The summed E-state index contributed by atoms with van der Waals surface area (Å²) in [6, 6.07) is -0.157. The molecule has 0 fully saturated rings. The molecule has 8 nitrogen and oxygen atoms in total. The number of nitrogens with zero attached hydrogens (tertiary/aromatic N) is 5. The Hall–Kier alpha value is -2.51. The highest BCUT2D eigenvalue weighted by Crippen LogP contribution is 2.14. The maximum Gasteiger partial charge on any atom is 0.356 e. The average Bonchev–Trinajstić information content (AvgIpc) is 2.76. The summed E-state index contributed by atoms with van der Waals surface area (Å²) in [4.78, 5) is 18.5. The van der Waals surface area contributed by atoms with Crippen molar-refractivity contribution in [3.8, 4) is 0 Å². The summed E-state index contributed by atoms with van der Waals surface area (Å²) >= 11 is 0. The maximum absolute atomic E-state index is 10.8. The Labute approximate surface area is 103 Å². The highest BCUT2D eigenvalue weighted by atomic mass is 16.4. The lowest BCUT2D eigenvalue weighted by atomic mass is 10.3. The quantitative estimate of drug-likeness (QED) is 0.810. The first kappa shape index (κ1) is 12.0. The second-order valence-electron chi connectivity index (χ2n) is 3.76. The van der Waals surface area contributed by atoms with E-state index in [1.165, 1.54) is 12.4 Å². The molecule has 2 N–H and O–H groups in total. The van der Waals surface area contributed by atoms with Crippen molar-refractivity contribution in [2.24, 2.45) is 7.05 Å². The fourth-order valence-corrected chi connectivity index (χ4v) is 1.51. The fraction of sp³-hybridized carbons (Fsp3) is 0.300. The molecule has 0 spiro atoms. The standard InChI is InChI=1S/C10H12N6O2/c1-6(9-15-12-5-16(9)2)13-8-4-11-3-7(14-8)10(17)18/h3-6H,1-2H3,(H,13,14)(H,17,18). The summed E-state index contributed by atoms with van der Waals surface area (Å²) in [5, 5.41) is 19.6. The van der Waals surface area contributed by atoms with Crippen LogP contribution < -0.4 is 5.32 Å². The van der Waals surface area contributed by atoms with Crippen molar-refractivity contribution in [1.82, 2.24) is 24.7 Å². The average molecular weight is 248 g/mol. The van der Waals surface area contributed by atoms with Gasteiger partial charge in [0.25, 0.3) is 0 Å². The fourth-order valence-electron chi connectivity index (χ4n) is 1.51. The molecule has 0 aliphatic carbocycles. The van der Waals surface area contributed by atoms with Gasteiger partial charge in [-0.05, 0) is 6.92 Å². The lowest BCUT2D eigenvalue weighted by Crippen LogP contribution is -2.14. The van der Waals surface area contributed by atoms with Gasteiger partial charge < -0.3 is 15.0 Å². The van der Waals surface area contributed by atoms with Gasteiger partial charge in [-0.1, -0.05) is 0 Å². The first-order valence-corrected chi connectivity index (χ1v) is 5.23. The summed E-state index contributed by atoms with van der Waals surface area (Å²) in [5.74, 6) is -0.0135. The summed E-state index contributed by atoms with van der Waals surface area (Å²) in [6.45, 7) is 1.87. The number of hydrogen-bond donors (Lipinski definition) is 2. The molecular weight excluding hydrogens is 236 g/mol. The number of carbonyl (C=O) groups is 1. The number of hydrogen-bond acceptors (Lipinski definition) is 6. The second-order valence-corrected chi connectivity index (χ2v) is 3.76. The molecule has 0 aromatic carbocycles. The van der Waals surface area contributed by atoms with E-state index in [1.807, 2.05) is 14.0 Å². The van der Waals surface area contributed by atoms with Gasteiger partial charge in [0, 0.05) is 7.05 Å². The Kier molecular flexibility index (Phi) is 3.18. The van der Waals surface area contributed by atoms with E-state index in [-0.39, 0.29) is 11.7 Å². The number of aromatic nitrogens is 5. The van der Waals surface area contributed by atoms with E-state index in [1.54, 1.807) is 10.9 Å². The normalized spacial score (nSPS) is 12.1. The number of nitrogens with one attached hydrogen (secondary N) is 1. The van der Waals surface area contributed by atoms with Gasteiger partial charge in [0.2, 0.25) is 0 Å². The van der Waals surface area contributed by atoms with Gasteiger partial charge in [-0.15, -0.1) is 10.2 Å². The minimum atomic E-state index is -1.11. The van der Waals surface area contributed by atoms with Crippen molar-refractivity contribution < 1.29 is 9.90 Å². The molecule has 0 saturated carbocycles. The number of carboxylic acid groups (broad SMARTS) is 1. The van der Waals surface area contributed by atoms with E-state index >= 15 is 0 Å². The van der Waals surface area contributed by atoms with Crippen LogP contribution in [0.2, 0.25) is 0 Å². The number of aromatic carboxylic acids is 1. The Morgan fingerprint density at radius 1 is 1.50 bits per heavy atom. The van der Waals surface area contributed by atoms with Crippen LogP contribution in [0.25, 0.3) is 0 Å². The molecule has 0 aliphatic heterocycles. The summed E-state index contributed by atoms with van der Waals surface area (Å²) in [7, 11) is 1.83. The number of aryl methyl sites for hydroxylation is 1. The molecule has 2 heterocycles. The van der Waals surface area contributed by atoms with Crippen molar-refractivity contribution in [2.45, 2.75) is 13.0 Å². The van der Waals surface area contributed by atoms with E-state index < -0.39 is 5.97 Å². The van der Waals surface area contributed by atoms with Crippen LogP contribution in [0.1, 0.15) is 29.3 Å². The summed E-state index contributed by atoms with van der Waals surface area (Å²) < 4.78 is 1.77. The van der Waals surface area contributed by atoms with Gasteiger partial charge in [-0.3, -0.25) is 4.98 Å². The van der Waals surface area contributed by atoms with Crippen LogP contribution in [0, 0.1) is 0 Å². The molecular formula is C10H12N6O2. The van der Waals surface area contributed by atoms with Gasteiger partial charge in [-0.2, -0.15) is 0 Å². The zero-order chi connectivity index (χ0) is 13.1. The lowest BCUT2D eigenvalue weighted by molar-refractivity contribution is 0.0690. The SMILES string of the molecule is CC(Nc1cncc(C(=O)O)n1)c1nncn1C. The van der Waals surface area contributed by atoms with Gasteiger partial charge in [0.1, 0.15) is 12.1 Å². The van der Waals surface area contributed by atoms with Gasteiger partial charge in [0.15, 0.2) is 11.5 Å². The van der Waals surface area contributed by atoms with E-state index in [9.17, 15) is 4.79 Å². The van der Waals surface area contributed by atoms with Crippen LogP contribution in [0.15, 0.2) is 18.7 Å². The molecule has 2 aromatic heterocycles. The Morgan fingerprint density at radius 2 is 2.28 bits per heavy atom. The zero-order valence-electron chi connectivity index (χ0n) is 9.90. The van der Waals surface area contributed by atoms with E-state index in [0.717, 1.165) is 5.82 Å². The molecule has 0 saturated heterocycles. The second kappa shape index (κ2) is 4.78. The van der Waals surface area contributed by atoms with Crippen molar-refractivity contribution in [2.75, 3.05) is 5.32 Å². The highest BCUT2D eigenvalue weighted by Gasteiger charge is 2.13. The predicted molar refractivity (Wildman–Crippen MR) is 62.0 cm³/mol. The lowest BCUT2D eigenvalue weighted by Gasteiger charge is -2.13. The van der Waals surface area contributed by atoms with Crippen LogP contribution >= 0.6 is 0 Å². The topological polar surface area (TPSA) is 106 Å². The molecule has 1 unspecified atom stereocenters. The predicted octanol–water partition coefficient (Wildman–Crippen LogP) is 0.476. The Balaban J connectivity index is 2.17. The molecule has 0 aliphatic rings. The minimum Gasteiger partial charge on any atom is -0.476 e. The van der Waals surface area contributed by atoms with Gasteiger partial charge in [-0.25, -0.2) is 9.78 Å². The van der Waals surface area contributed by atoms with Crippen molar-refractivity contribution in [1.29, 1.82) is 0 Å². The van der Waals surface area contributed by atoms with Gasteiger partial charge in [0.05, 0.1) is 18.4 Å². The molecule has 2 rings (SSSR count). The molecule has 18 heavy (non-hydrogen) atoms. The largest absolute Gasteiger partial charge is 0.476 e. The molecule has 94 valence electrons. The maximum atomic E-state index is 10.8. The van der Waals surface area contributed by atoms with Crippen molar-refractivity contribution in [3.63, 3.8) is 0 Å². The van der Waals surface area contributed by atoms with Crippen LogP contribution in [-0.2, 0) is 7.05 Å². The molecule has 8 heteroatoms.